The van der Waals surface area contributed by atoms with Crippen LogP contribution in [0.25, 0.3) is 21.9 Å². The summed E-state index contributed by atoms with van der Waals surface area (Å²) in [5, 5.41) is 2.13. The minimum Gasteiger partial charge on any atom is -0.497 e. The van der Waals surface area contributed by atoms with Gasteiger partial charge >= 0.3 is 0 Å². The van der Waals surface area contributed by atoms with Crippen LogP contribution in [0.2, 0.25) is 0 Å². The number of benzene rings is 4. The second-order valence-corrected chi connectivity index (χ2v) is 9.16. The lowest BCUT2D eigenvalue weighted by Crippen LogP contribution is -2.20. The van der Waals surface area contributed by atoms with E-state index >= 15 is 0 Å². The van der Waals surface area contributed by atoms with Crippen LogP contribution in [0.15, 0.2) is 78.9 Å². The maximum Gasteiger partial charge on any atom is 0.143 e. The molecule has 4 nitrogen and oxygen atoms in total. The second-order valence-electron chi connectivity index (χ2n) is 9.16. The van der Waals surface area contributed by atoms with Crippen LogP contribution >= 0.6 is 0 Å². The number of ether oxygens (including phenoxy) is 3. The van der Waals surface area contributed by atoms with Gasteiger partial charge in [-0.25, -0.2) is 0 Å². The van der Waals surface area contributed by atoms with Crippen LogP contribution in [0.1, 0.15) is 24.8 Å². The summed E-state index contributed by atoms with van der Waals surface area (Å²) >= 11 is 0. The van der Waals surface area contributed by atoms with Crippen LogP contribution in [0.3, 0.4) is 0 Å². The van der Waals surface area contributed by atoms with E-state index in [9.17, 15) is 0 Å². The lowest BCUT2D eigenvalue weighted by atomic mass is 9.99. The molecule has 1 fully saturated rings. The summed E-state index contributed by atoms with van der Waals surface area (Å²) in [6.45, 7) is 3.73. The topological polar surface area (TPSA) is 30.9 Å². The predicted molar refractivity (Wildman–Crippen MR) is 143 cm³/mol. The number of hydrogen-bond acceptors (Lipinski definition) is 4. The highest BCUT2D eigenvalue weighted by atomic mass is 16.5. The van der Waals surface area contributed by atoms with E-state index in [0.717, 1.165) is 51.3 Å². The Kier molecular flexibility index (Phi) is 7.20. The van der Waals surface area contributed by atoms with E-state index < -0.39 is 0 Å². The van der Waals surface area contributed by atoms with Gasteiger partial charge in [0.15, 0.2) is 0 Å². The molecule has 0 N–H and O–H groups in total. The van der Waals surface area contributed by atoms with E-state index in [4.69, 9.17) is 14.2 Å². The van der Waals surface area contributed by atoms with Gasteiger partial charge in [-0.3, -0.25) is 0 Å². The number of rotatable bonds is 9. The van der Waals surface area contributed by atoms with Gasteiger partial charge < -0.3 is 19.1 Å². The third-order valence-corrected chi connectivity index (χ3v) is 6.86. The molecule has 1 aliphatic rings. The molecule has 0 unspecified atom stereocenters. The smallest absolute Gasteiger partial charge is 0.143 e. The van der Waals surface area contributed by atoms with Crippen molar-refractivity contribution < 1.29 is 14.2 Å². The van der Waals surface area contributed by atoms with Gasteiger partial charge in [-0.2, -0.15) is 0 Å². The number of likely N-dealkylation sites (tertiary alicyclic amines) is 1. The van der Waals surface area contributed by atoms with Crippen LogP contribution < -0.4 is 14.2 Å². The van der Waals surface area contributed by atoms with Gasteiger partial charge in [-0.1, -0.05) is 30.3 Å². The van der Waals surface area contributed by atoms with E-state index in [1.807, 2.05) is 24.3 Å². The predicted octanol–water partition coefficient (Wildman–Crippen LogP) is 7.34. The third kappa shape index (κ3) is 5.44. The molecular weight excluding hydrogens is 434 g/mol. The summed E-state index contributed by atoms with van der Waals surface area (Å²) in [5.41, 5.74) is 3.48. The zero-order valence-corrected chi connectivity index (χ0v) is 20.6. The van der Waals surface area contributed by atoms with Crippen LogP contribution in [0.5, 0.6) is 23.0 Å². The van der Waals surface area contributed by atoms with Crippen LogP contribution in [0.4, 0.5) is 0 Å². The van der Waals surface area contributed by atoms with Gasteiger partial charge in [0.25, 0.3) is 0 Å². The van der Waals surface area contributed by atoms with E-state index in [-0.39, 0.29) is 0 Å². The highest BCUT2D eigenvalue weighted by molar-refractivity contribution is 5.96. The van der Waals surface area contributed by atoms with Crippen molar-refractivity contribution in [3.63, 3.8) is 0 Å². The van der Waals surface area contributed by atoms with E-state index in [1.165, 1.54) is 44.5 Å². The summed E-state index contributed by atoms with van der Waals surface area (Å²) in [6, 6.07) is 27.0. The minimum atomic E-state index is 0.832. The van der Waals surface area contributed by atoms with Crippen molar-refractivity contribution in [2.24, 2.45) is 0 Å². The largest absolute Gasteiger partial charge is 0.497 e. The fourth-order valence-corrected chi connectivity index (χ4v) is 4.87. The van der Waals surface area contributed by atoms with Crippen molar-refractivity contribution in [3.05, 3.63) is 84.4 Å². The van der Waals surface area contributed by atoms with Crippen LogP contribution in [0, 0.1) is 0 Å². The zero-order chi connectivity index (χ0) is 24.0. The molecule has 0 aliphatic carbocycles. The first-order valence-electron chi connectivity index (χ1n) is 12.5. The molecule has 35 heavy (non-hydrogen) atoms. The van der Waals surface area contributed by atoms with Crippen LogP contribution in [-0.4, -0.2) is 38.8 Å². The molecule has 4 aromatic rings. The Morgan fingerprint density at radius 2 is 1.40 bits per heavy atom. The standard InChI is InChI=1S/C31H33NO3/c1-33-26-14-9-24(10-15-26)29-17-11-25-22-28(34-2)16-18-30(25)31(29)35-27-12-7-23(8-13-27)6-5-21-32-19-3-4-20-32/h7-18,22H,3-6,19-21H2,1-2H3. The highest BCUT2D eigenvalue weighted by Crippen LogP contribution is 2.41. The number of aryl methyl sites for hydroxylation is 1. The molecular formula is C31H33NO3. The first-order valence-corrected chi connectivity index (χ1v) is 12.5. The number of hydrogen-bond donors (Lipinski definition) is 0. The molecule has 4 aromatic carbocycles. The maximum atomic E-state index is 6.57. The maximum absolute atomic E-state index is 6.57. The average molecular weight is 468 g/mol. The molecule has 1 saturated heterocycles. The van der Waals surface area contributed by atoms with Crippen molar-refractivity contribution in [2.75, 3.05) is 33.9 Å². The Balaban J connectivity index is 1.41. The molecule has 0 amide bonds. The lowest BCUT2D eigenvalue weighted by molar-refractivity contribution is 0.334. The van der Waals surface area contributed by atoms with Gasteiger partial charge in [-0.05, 0) is 110 Å². The van der Waals surface area contributed by atoms with E-state index in [0.29, 0.717) is 0 Å². The normalized spacial score (nSPS) is 13.8. The van der Waals surface area contributed by atoms with Gasteiger partial charge in [-0.15, -0.1) is 0 Å². The second kappa shape index (κ2) is 10.8. The van der Waals surface area contributed by atoms with Crippen molar-refractivity contribution in [1.29, 1.82) is 0 Å². The molecule has 0 bridgehead atoms. The summed E-state index contributed by atoms with van der Waals surface area (Å²) < 4.78 is 17.4. The van der Waals surface area contributed by atoms with Gasteiger partial charge in [0.2, 0.25) is 0 Å². The van der Waals surface area contributed by atoms with E-state index in [2.05, 4.69) is 59.5 Å². The quantitative estimate of drug-likeness (QED) is 0.258. The summed E-state index contributed by atoms with van der Waals surface area (Å²) in [5.74, 6) is 3.35. The lowest BCUT2D eigenvalue weighted by Gasteiger charge is -2.16. The van der Waals surface area contributed by atoms with Crippen molar-refractivity contribution in [1.82, 2.24) is 4.90 Å². The highest BCUT2D eigenvalue weighted by Gasteiger charge is 2.14. The van der Waals surface area contributed by atoms with Gasteiger partial charge in [0.1, 0.15) is 23.0 Å². The first-order chi connectivity index (χ1) is 17.2. The SMILES string of the molecule is COc1ccc(-c2ccc3cc(OC)ccc3c2Oc2ccc(CCCN3CCCC3)cc2)cc1. The Bertz CT molecular complexity index is 1260. The fourth-order valence-electron chi connectivity index (χ4n) is 4.87. The van der Waals surface area contributed by atoms with Gasteiger partial charge in [0, 0.05) is 10.9 Å². The van der Waals surface area contributed by atoms with E-state index in [1.54, 1.807) is 14.2 Å². The number of fused-ring (bicyclic) bond motifs is 1. The summed E-state index contributed by atoms with van der Waals surface area (Å²) in [4.78, 5) is 2.58. The summed E-state index contributed by atoms with van der Waals surface area (Å²) in [6.07, 6.45) is 5.01. The zero-order valence-electron chi connectivity index (χ0n) is 20.6. The minimum absolute atomic E-state index is 0.832. The van der Waals surface area contributed by atoms with Crippen molar-refractivity contribution >= 4 is 10.8 Å². The molecule has 0 saturated carbocycles. The third-order valence-electron chi connectivity index (χ3n) is 6.86. The first kappa shape index (κ1) is 23.3. The number of methoxy groups -OCH3 is 2. The molecule has 4 heteroatoms. The monoisotopic (exact) mass is 467 g/mol. The molecule has 5 rings (SSSR count). The molecule has 0 radical (unpaired) electrons. The van der Waals surface area contributed by atoms with Crippen molar-refractivity contribution in [2.45, 2.75) is 25.7 Å². The Labute approximate surface area is 208 Å². The fraction of sp³-hybridized carbons (Fsp3) is 0.290. The molecule has 1 aliphatic heterocycles. The molecule has 0 atom stereocenters. The van der Waals surface area contributed by atoms with Crippen LogP contribution in [-0.2, 0) is 6.42 Å². The Morgan fingerprint density at radius 1 is 0.714 bits per heavy atom. The van der Waals surface area contributed by atoms with Gasteiger partial charge in [0.05, 0.1) is 14.2 Å². The number of nitrogens with zero attached hydrogens (tertiary/aromatic N) is 1. The molecule has 0 aromatic heterocycles. The molecule has 1 heterocycles. The van der Waals surface area contributed by atoms with Crippen molar-refractivity contribution in [3.8, 4) is 34.1 Å². The summed E-state index contributed by atoms with van der Waals surface area (Å²) in [7, 11) is 3.38. The average Bonchev–Trinajstić information content (AvgIpc) is 3.43. The Morgan fingerprint density at radius 3 is 2.11 bits per heavy atom. The molecule has 0 spiro atoms. The Hall–Kier alpha value is -3.50. The molecule has 180 valence electrons.